The van der Waals surface area contributed by atoms with Crippen LogP contribution in [0.4, 0.5) is 4.79 Å². The summed E-state index contributed by atoms with van der Waals surface area (Å²) < 4.78 is 5.49. The number of carbonyl (C=O) groups excluding carboxylic acids is 1. The molecule has 1 rings (SSSR count). The lowest BCUT2D eigenvalue weighted by Gasteiger charge is -2.37. The van der Waals surface area contributed by atoms with E-state index in [-0.39, 0.29) is 23.6 Å². The smallest absolute Gasteiger partial charge is 0.317 e. The molecule has 0 saturated carbocycles. The Morgan fingerprint density at radius 3 is 2.62 bits per heavy atom. The van der Waals surface area contributed by atoms with Crippen LogP contribution < -0.4 is 5.32 Å². The lowest BCUT2D eigenvalue weighted by molar-refractivity contribution is -0.0319. The SMILES string of the molecule is CC1CN(C(=O)NCC(C)(C)C)C(C)CO1. The molecule has 2 amide bonds. The standard InChI is InChI=1S/C12H24N2O2/c1-9-7-16-10(2)6-14(9)11(15)13-8-12(3,4)5/h9-10H,6-8H2,1-5H3,(H,13,15). The Morgan fingerprint density at radius 1 is 1.44 bits per heavy atom. The van der Waals surface area contributed by atoms with Gasteiger partial charge in [0.25, 0.3) is 0 Å². The molecule has 2 atom stereocenters. The van der Waals surface area contributed by atoms with E-state index in [1.807, 2.05) is 18.7 Å². The van der Waals surface area contributed by atoms with Crippen LogP contribution in [-0.2, 0) is 4.74 Å². The fraction of sp³-hybridized carbons (Fsp3) is 0.917. The first-order valence-electron chi connectivity index (χ1n) is 5.95. The zero-order chi connectivity index (χ0) is 12.3. The third-order valence-corrected chi connectivity index (χ3v) is 2.64. The van der Waals surface area contributed by atoms with E-state index in [0.717, 1.165) is 0 Å². The quantitative estimate of drug-likeness (QED) is 0.744. The molecule has 1 aliphatic heterocycles. The fourth-order valence-electron chi connectivity index (χ4n) is 1.63. The van der Waals surface area contributed by atoms with E-state index in [1.165, 1.54) is 0 Å². The monoisotopic (exact) mass is 228 g/mol. The molecule has 1 aliphatic rings. The fourth-order valence-corrected chi connectivity index (χ4v) is 1.63. The maximum absolute atomic E-state index is 12.0. The van der Waals surface area contributed by atoms with E-state index in [4.69, 9.17) is 4.74 Å². The summed E-state index contributed by atoms with van der Waals surface area (Å²) in [6.07, 6.45) is 0.136. The number of urea groups is 1. The molecule has 1 fully saturated rings. The molecule has 0 spiro atoms. The Balaban J connectivity index is 2.46. The Kier molecular flexibility index (Phi) is 4.19. The zero-order valence-corrected chi connectivity index (χ0v) is 11.0. The van der Waals surface area contributed by atoms with Crippen molar-refractivity contribution >= 4 is 6.03 Å². The highest BCUT2D eigenvalue weighted by Crippen LogP contribution is 2.13. The van der Waals surface area contributed by atoms with Crippen molar-refractivity contribution < 1.29 is 9.53 Å². The van der Waals surface area contributed by atoms with Crippen molar-refractivity contribution in [3.63, 3.8) is 0 Å². The van der Waals surface area contributed by atoms with Crippen LogP contribution in [0.2, 0.25) is 0 Å². The number of ether oxygens (including phenoxy) is 1. The largest absolute Gasteiger partial charge is 0.375 e. The Labute approximate surface area is 98.3 Å². The molecule has 0 radical (unpaired) electrons. The molecule has 0 bridgehead atoms. The molecule has 0 aromatic rings. The minimum atomic E-state index is 0.0255. The second kappa shape index (κ2) is 5.04. The molecular formula is C12H24N2O2. The van der Waals surface area contributed by atoms with Crippen molar-refractivity contribution in [1.29, 1.82) is 0 Å². The van der Waals surface area contributed by atoms with Gasteiger partial charge in [-0.1, -0.05) is 20.8 Å². The van der Waals surface area contributed by atoms with Crippen LogP contribution in [-0.4, -0.2) is 42.8 Å². The van der Waals surface area contributed by atoms with Gasteiger partial charge in [-0.15, -0.1) is 0 Å². The van der Waals surface area contributed by atoms with Crippen molar-refractivity contribution in [2.45, 2.75) is 46.8 Å². The molecule has 1 saturated heterocycles. The van der Waals surface area contributed by atoms with Gasteiger partial charge in [-0.2, -0.15) is 0 Å². The lowest BCUT2D eigenvalue weighted by atomic mass is 9.97. The van der Waals surface area contributed by atoms with Crippen molar-refractivity contribution in [3.8, 4) is 0 Å². The predicted molar refractivity (Wildman–Crippen MR) is 64.4 cm³/mol. The molecule has 2 unspecified atom stereocenters. The van der Waals surface area contributed by atoms with E-state index >= 15 is 0 Å². The van der Waals surface area contributed by atoms with Gasteiger partial charge in [-0.05, 0) is 19.3 Å². The maximum Gasteiger partial charge on any atom is 0.317 e. The van der Waals surface area contributed by atoms with Gasteiger partial charge in [0.2, 0.25) is 0 Å². The highest BCUT2D eigenvalue weighted by atomic mass is 16.5. The van der Waals surface area contributed by atoms with Crippen LogP contribution in [0.25, 0.3) is 0 Å². The molecule has 1 N–H and O–H groups in total. The minimum Gasteiger partial charge on any atom is -0.375 e. The average Bonchev–Trinajstić information content (AvgIpc) is 2.17. The zero-order valence-electron chi connectivity index (χ0n) is 11.0. The Bertz CT molecular complexity index is 248. The molecule has 16 heavy (non-hydrogen) atoms. The second-order valence-corrected chi connectivity index (χ2v) is 5.86. The molecule has 4 heteroatoms. The van der Waals surface area contributed by atoms with Gasteiger partial charge in [0.1, 0.15) is 0 Å². The molecule has 1 heterocycles. The summed E-state index contributed by atoms with van der Waals surface area (Å²) in [6.45, 7) is 12.3. The summed E-state index contributed by atoms with van der Waals surface area (Å²) in [6, 6.07) is 0.189. The number of hydrogen-bond donors (Lipinski definition) is 1. The van der Waals surface area contributed by atoms with Crippen molar-refractivity contribution in [1.82, 2.24) is 10.2 Å². The van der Waals surface area contributed by atoms with Crippen molar-refractivity contribution in [2.24, 2.45) is 5.41 Å². The lowest BCUT2D eigenvalue weighted by Crippen LogP contribution is -2.54. The minimum absolute atomic E-state index is 0.0255. The maximum atomic E-state index is 12.0. The van der Waals surface area contributed by atoms with E-state index in [0.29, 0.717) is 19.7 Å². The van der Waals surface area contributed by atoms with Gasteiger partial charge in [0.15, 0.2) is 0 Å². The highest BCUT2D eigenvalue weighted by molar-refractivity contribution is 5.74. The molecule has 0 aromatic carbocycles. The first-order chi connectivity index (χ1) is 7.29. The van der Waals surface area contributed by atoms with E-state index in [2.05, 4.69) is 26.1 Å². The Hall–Kier alpha value is -0.770. The van der Waals surface area contributed by atoms with E-state index < -0.39 is 0 Å². The van der Waals surface area contributed by atoms with Gasteiger partial charge < -0.3 is 15.0 Å². The van der Waals surface area contributed by atoms with Gasteiger partial charge in [0, 0.05) is 13.1 Å². The van der Waals surface area contributed by atoms with Crippen LogP contribution in [0.15, 0.2) is 0 Å². The molecule has 94 valence electrons. The third-order valence-electron chi connectivity index (χ3n) is 2.64. The predicted octanol–water partition coefficient (Wildman–Crippen LogP) is 1.85. The molecule has 0 aromatic heterocycles. The summed E-state index contributed by atoms with van der Waals surface area (Å²) in [5, 5.41) is 2.97. The summed E-state index contributed by atoms with van der Waals surface area (Å²) >= 11 is 0. The highest BCUT2D eigenvalue weighted by Gasteiger charge is 2.27. The molecule has 0 aliphatic carbocycles. The molecular weight excluding hydrogens is 204 g/mol. The van der Waals surface area contributed by atoms with Crippen LogP contribution in [0.5, 0.6) is 0 Å². The second-order valence-electron chi connectivity index (χ2n) is 5.86. The Morgan fingerprint density at radius 2 is 2.06 bits per heavy atom. The van der Waals surface area contributed by atoms with Crippen molar-refractivity contribution in [2.75, 3.05) is 19.7 Å². The first kappa shape index (κ1) is 13.3. The van der Waals surface area contributed by atoms with Gasteiger partial charge in [0.05, 0.1) is 18.8 Å². The van der Waals surface area contributed by atoms with Crippen LogP contribution >= 0.6 is 0 Å². The number of rotatable bonds is 1. The summed E-state index contributed by atoms with van der Waals surface area (Å²) in [7, 11) is 0. The summed E-state index contributed by atoms with van der Waals surface area (Å²) in [5.74, 6) is 0. The normalized spacial score (nSPS) is 26.7. The van der Waals surface area contributed by atoms with Crippen molar-refractivity contribution in [3.05, 3.63) is 0 Å². The first-order valence-corrected chi connectivity index (χ1v) is 5.95. The van der Waals surface area contributed by atoms with Gasteiger partial charge in [-0.3, -0.25) is 0 Å². The third kappa shape index (κ3) is 4.00. The summed E-state index contributed by atoms with van der Waals surface area (Å²) in [4.78, 5) is 13.8. The average molecular weight is 228 g/mol. The van der Waals surface area contributed by atoms with Gasteiger partial charge in [-0.25, -0.2) is 4.79 Å². The number of amides is 2. The van der Waals surface area contributed by atoms with E-state index in [1.54, 1.807) is 0 Å². The number of nitrogens with zero attached hydrogens (tertiary/aromatic N) is 1. The topological polar surface area (TPSA) is 41.6 Å². The number of nitrogens with one attached hydrogen (secondary N) is 1. The summed E-state index contributed by atoms with van der Waals surface area (Å²) in [5.41, 5.74) is 0.122. The van der Waals surface area contributed by atoms with Gasteiger partial charge >= 0.3 is 6.03 Å². The number of carbonyl (C=O) groups is 1. The number of hydrogen-bond acceptors (Lipinski definition) is 2. The van der Waals surface area contributed by atoms with E-state index in [9.17, 15) is 4.79 Å². The van der Waals surface area contributed by atoms with Crippen LogP contribution in [0.1, 0.15) is 34.6 Å². The van der Waals surface area contributed by atoms with Crippen LogP contribution in [0, 0.1) is 5.41 Å². The molecule has 4 nitrogen and oxygen atoms in total. The number of morpholine rings is 1. The van der Waals surface area contributed by atoms with Crippen LogP contribution in [0.3, 0.4) is 0 Å².